The van der Waals surface area contributed by atoms with Crippen LogP contribution >= 0.6 is 0 Å². The largest absolute Gasteiger partial charge is 0.456 e. The lowest BCUT2D eigenvalue weighted by Gasteiger charge is -2.49. The smallest absolute Gasteiger partial charge is 0.247 e. The Labute approximate surface area is 525 Å². The average Bonchev–Trinajstić information content (AvgIpc) is 0.762. The van der Waals surface area contributed by atoms with Gasteiger partial charge >= 0.3 is 0 Å². The van der Waals surface area contributed by atoms with Crippen molar-refractivity contribution in [1.29, 1.82) is 0 Å². The van der Waals surface area contributed by atoms with Gasteiger partial charge in [0.05, 0.1) is 11.1 Å². The van der Waals surface area contributed by atoms with Gasteiger partial charge in [-0.2, -0.15) is 0 Å². The van der Waals surface area contributed by atoms with Crippen molar-refractivity contribution >= 4 is 96.2 Å². The summed E-state index contributed by atoms with van der Waals surface area (Å²) in [6, 6.07) is 130. The van der Waals surface area contributed by atoms with Gasteiger partial charge in [0.25, 0.3) is 0 Å². The van der Waals surface area contributed by atoms with Crippen LogP contribution in [0.1, 0.15) is 22.3 Å². The highest BCUT2D eigenvalue weighted by molar-refractivity contribution is 6.99. The molecule has 0 saturated carbocycles. The fourth-order valence-electron chi connectivity index (χ4n) is 14.7. The number of benzene rings is 14. The van der Waals surface area contributed by atoms with E-state index in [2.05, 4.69) is 367 Å². The molecule has 14 aromatic carbocycles. The molecule has 0 radical (unpaired) electrons. The second-order valence-electron chi connectivity index (χ2n) is 23.5. The highest BCUT2D eigenvalue weighted by Crippen LogP contribution is 2.55. The summed E-state index contributed by atoms with van der Waals surface area (Å²) < 4.78 is 6.59. The molecule has 0 amide bonds. The predicted molar refractivity (Wildman–Crippen MR) is 377 cm³/mol. The Morgan fingerprint density at radius 2 is 0.744 bits per heavy atom. The first-order chi connectivity index (χ1) is 44.7. The van der Waals surface area contributed by atoms with E-state index in [1.54, 1.807) is 0 Å². The molecule has 0 N–H and O–H groups in total. The molecule has 0 saturated heterocycles. The van der Waals surface area contributed by atoms with Crippen LogP contribution in [0.4, 0.5) is 51.2 Å². The minimum atomic E-state index is -0.877. The molecule has 0 atom stereocenters. The molecule has 15 aromatic rings. The summed E-state index contributed by atoms with van der Waals surface area (Å²) >= 11 is 0. The van der Waals surface area contributed by atoms with Gasteiger partial charge in [-0.05, 0) is 159 Å². The monoisotopic (exact) mass is 1150 g/mol. The molecule has 0 unspecified atom stereocenters. The summed E-state index contributed by atoms with van der Waals surface area (Å²) in [7, 11) is 0. The zero-order valence-corrected chi connectivity index (χ0v) is 49.3. The van der Waals surface area contributed by atoms with E-state index in [9.17, 15) is 0 Å². The van der Waals surface area contributed by atoms with Gasteiger partial charge in [-0.3, -0.25) is 0 Å². The molecule has 2 aliphatic rings. The number of nitrogens with zero attached hydrogens (tertiary/aromatic N) is 3. The van der Waals surface area contributed by atoms with Crippen molar-refractivity contribution < 1.29 is 4.42 Å². The standard InChI is InChI=1S/C85H58BN3O/c1-9-28-59(29-10-1)71-45-27-46-72(60-30-11-2-12-31-60)84(71)89-79-58-70(88(67-40-21-7-22-41-67)68-42-23-8-24-43-68)50-52-78(79)86-77-51-49-69(87(65-36-17-5-18-37-65)66-38-19-6-20-39-66)57-75(77)85(63-32-13-3-14-33-63,64-34-15-4-16-35-64)76-55-62(56-80(89)83(76)86)61-48-53-82-74(54-61)73-44-25-26-47-81(73)90-82/h1-58H. The van der Waals surface area contributed by atoms with E-state index in [0.717, 1.165) is 107 Å². The van der Waals surface area contributed by atoms with Gasteiger partial charge in [-0.15, -0.1) is 0 Å². The fourth-order valence-corrected chi connectivity index (χ4v) is 14.7. The van der Waals surface area contributed by atoms with Gasteiger partial charge < -0.3 is 19.1 Å². The Morgan fingerprint density at radius 3 is 1.28 bits per heavy atom. The van der Waals surface area contributed by atoms with E-state index in [0.29, 0.717) is 0 Å². The van der Waals surface area contributed by atoms with Crippen LogP contribution in [0.5, 0.6) is 0 Å². The molecule has 0 fully saturated rings. The molecule has 0 spiro atoms. The first kappa shape index (κ1) is 52.7. The van der Waals surface area contributed by atoms with Crippen LogP contribution in [0.25, 0.3) is 55.3 Å². The van der Waals surface area contributed by atoms with E-state index in [4.69, 9.17) is 4.42 Å². The summed E-state index contributed by atoms with van der Waals surface area (Å²) in [5, 5.41) is 2.17. The first-order valence-electron chi connectivity index (χ1n) is 31.0. The van der Waals surface area contributed by atoms with Crippen LogP contribution in [0.2, 0.25) is 0 Å². The lowest BCUT2D eigenvalue weighted by Crippen LogP contribution is -2.65. The number of hydrogen-bond acceptors (Lipinski definition) is 4. The van der Waals surface area contributed by atoms with Crippen LogP contribution in [0, 0.1) is 0 Å². The molecule has 422 valence electrons. The second-order valence-corrected chi connectivity index (χ2v) is 23.5. The van der Waals surface area contributed by atoms with Crippen molar-refractivity contribution in [2.45, 2.75) is 5.41 Å². The number of fused-ring (bicyclic) bond motifs is 7. The third-order valence-corrected chi connectivity index (χ3v) is 18.5. The third-order valence-electron chi connectivity index (χ3n) is 18.5. The maximum absolute atomic E-state index is 6.59. The van der Waals surface area contributed by atoms with Crippen molar-refractivity contribution in [2.75, 3.05) is 14.7 Å². The van der Waals surface area contributed by atoms with E-state index in [1.807, 2.05) is 0 Å². The zero-order valence-electron chi connectivity index (χ0n) is 49.3. The Morgan fingerprint density at radius 1 is 0.289 bits per heavy atom. The van der Waals surface area contributed by atoms with Crippen LogP contribution in [-0.2, 0) is 5.41 Å². The predicted octanol–water partition coefficient (Wildman–Crippen LogP) is 20.5. The summed E-state index contributed by atoms with van der Waals surface area (Å²) in [5.41, 5.74) is 25.8. The van der Waals surface area contributed by atoms with Crippen LogP contribution in [0.15, 0.2) is 356 Å². The van der Waals surface area contributed by atoms with Crippen LogP contribution in [-0.4, -0.2) is 6.71 Å². The van der Waals surface area contributed by atoms with Crippen molar-refractivity contribution in [3.05, 3.63) is 374 Å². The quantitative estimate of drug-likeness (QED) is 0.114. The number of hydrogen-bond donors (Lipinski definition) is 0. The number of furan rings is 1. The molecule has 2 aliphatic heterocycles. The molecule has 5 heteroatoms. The Bertz CT molecular complexity index is 4950. The summed E-state index contributed by atoms with van der Waals surface area (Å²) in [5.74, 6) is 0. The van der Waals surface area contributed by atoms with Gasteiger partial charge in [0.15, 0.2) is 0 Å². The lowest BCUT2D eigenvalue weighted by atomic mass is 9.29. The zero-order chi connectivity index (χ0) is 59.5. The molecule has 4 nitrogen and oxygen atoms in total. The molecule has 90 heavy (non-hydrogen) atoms. The first-order valence-corrected chi connectivity index (χ1v) is 31.0. The van der Waals surface area contributed by atoms with Crippen LogP contribution in [0.3, 0.4) is 0 Å². The van der Waals surface area contributed by atoms with Gasteiger partial charge in [0.2, 0.25) is 6.71 Å². The molecule has 1 aromatic heterocycles. The van der Waals surface area contributed by atoms with Crippen LogP contribution < -0.4 is 31.1 Å². The molecule has 0 bridgehead atoms. The highest BCUT2D eigenvalue weighted by atomic mass is 16.3. The maximum Gasteiger partial charge on any atom is 0.247 e. The van der Waals surface area contributed by atoms with E-state index < -0.39 is 5.41 Å². The lowest BCUT2D eigenvalue weighted by molar-refractivity contribution is 0.669. The molecule has 3 heterocycles. The minimum absolute atomic E-state index is 0.234. The highest BCUT2D eigenvalue weighted by Gasteiger charge is 2.52. The van der Waals surface area contributed by atoms with Crippen molar-refractivity contribution in [3.63, 3.8) is 0 Å². The molecular weight excluding hydrogens is 1090 g/mol. The topological polar surface area (TPSA) is 22.9 Å². The molecule has 0 aliphatic carbocycles. The fraction of sp³-hybridized carbons (Fsp3) is 0.0118. The van der Waals surface area contributed by atoms with Gasteiger partial charge in [-0.25, -0.2) is 0 Å². The van der Waals surface area contributed by atoms with Gasteiger partial charge in [0.1, 0.15) is 11.2 Å². The van der Waals surface area contributed by atoms with Crippen molar-refractivity contribution in [3.8, 4) is 33.4 Å². The number of anilines is 9. The van der Waals surface area contributed by atoms with Crippen molar-refractivity contribution in [2.24, 2.45) is 0 Å². The molecule has 17 rings (SSSR count). The number of rotatable bonds is 12. The Hall–Kier alpha value is -11.7. The SMILES string of the molecule is c1ccc(-c2cccc(-c3ccccc3)c2N2c3cc(N(c4ccccc4)c4ccccc4)ccc3B3c4ccc(N(c5ccccc5)c5ccccc5)cc4C(c4ccccc4)(c4ccccc4)c4cc(-c5ccc6oc7ccccc7c6c5)cc2c43)cc1. The van der Waals surface area contributed by atoms with Crippen molar-refractivity contribution in [1.82, 2.24) is 0 Å². The van der Waals surface area contributed by atoms with E-state index in [1.165, 1.54) is 38.6 Å². The molecular formula is C85H58BN3O. The minimum Gasteiger partial charge on any atom is -0.456 e. The second kappa shape index (κ2) is 21.9. The van der Waals surface area contributed by atoms with E-state index in [-0.39, 0.29) is 6.71 Å². The summed E-state index contributed by atoms with van der Waals surface area (Å²) in [6.45, 7) is -0.234. The number of para-hydroxylation sites is 6. The van der Waals surface area contributed by atoms with E-state index >= 15 is 0 Å². The summed E-state index contributed by atoms with van der Waals surface area (Å²) in [4.78, 5) is 7.48. The Balaban J connectivity index is 1.06. The normalized spacial score (nSPS) is 12.7. The summed E-state index contributed by atoms with van der Waals surface area (Å²) in [6.07, 6.45) is 0. The third kappa shape index (κ3) is 8.61. The average molecular weight is 1150 g/mol. The van der Waals surface area contributed by atoms with Gasteiger partial charge in [-0.1, -0.05) is 254 Å². The maximum atomic E-state index is 6.59. The Kier molecular flexibility index (Phi) is 12.8. The van der Waals surface area contributed by atoms with Gasteiger partial charge in [0, 0.05) is 67.4 Å².